The Morgan fingerprint density at radius 2 is 2.05 bits per heavy atom. The maximum atomic E-state index is 9.68. The first-order valence-electron chi connectivity index (χ1n) is 7.99. The first-order valence-corrected chi connectivity index (χ1v) is 7.99. The van der Waals surface area contributed by atoms with Gasteiger partial charge in [0.05, 0.1) is 0 Å². The average molecular weight is 269 g/mol. The molecule has 106 valence electrons. The van der Waals surface area contributed by atoms with Crippen molar-refractivity contribution in [2.24, 2.45) is 17.3 Å². The summed E-state index contributed by atoms with van der Waals surface area (Å²) in [4.78, 5) is 0. The number of phenolic OH excluding ortho intramolecular Hbond substituents is 1. The van der Waals surface area contributed by atoms with Gasteiger partial charge in [0.1, 0.15) is 5.75 Å². The van der Waals surface area contributed by atoms with Crippen molar-refractivity contribution < 1.29 is 5.11 Å². The fourth-order valence-corrected chi connectivity index (χ4v) is 5.38. The lowest BCUT2D eigenvalue weighted by molar-refractivity contribution is 0.0953. The van der Waals surface area contributed by atoms with Crippen molar-refractivity contribution in [3.05, 3.63) is 29.3 Å². The molecule has 4 rings (SSSR count). The summed E-state index contributed by atoms with van der Waals surface area (Å²) < 4.78 is 0. The lowest BCUT2D eigenvalue weighted by Crippen LogP contribution is -2.42. The Kier molecular flexibility index (Phi) is 2.55. The highest BCUT2D eigenvalue weighted by Gasteiger charge is 2.52. The van der Waals surface area contributed by atoms with Gasteiger partial charge in [0.15, 0.2) is 0 Å². The fraction of sp³-hybridized carbons (Fsp3) is 0.611. The number of phenols is 1. The number of aryl methyl sites for hydroxylation is 1. The molecule has 0 heterocycles. The molecule has 4 atom stereocenters. The highest BCUT2D eigenvalue weighted by molar-refractivity contribution is 5.89. The highest BCUT2D eigenvalue weighted by atomic mass is 16.3. The van der Waals surface area contributed by atoms with Gasteiger partial charge in [-0.15, -0.1) is 0 Å². The summed E-state index contributed by atoms with van der Waals surface area (Å²) >= 11 is 0. The van der Waals surface area contributed by atoms with E-state index in [2.05, 4.69) is 13.0 Å². The molecular formula is C18H23NO. The highest BCUT2D eigenvalue weighted by Crippen LogP contribution is 2.59. The molecule has 2 nitrogen and oxygen atoms in total. The van der Waals surface area contributed by atoms with Gasteiger partial charge in [-0.1, -0.05) is 13.0 Å². The lowest BCUT2D eigenvalue weighted by Gasteiger charge is -2.49. The minimum absolute atomic E-state index is 0.190. The van der Waals surface area contributed by atoms with E-state index < -0.39 is 0 Å². The summed E-state index contributed by atoms with van der Waals surface area (Å²) in [6.45, 7) is 2.34. The summed E-state index contributed by atoms with van der Waals surface area (Å²) in [5, 5.41) is 18.0. The third-order valence-corrected chi connectivity index (χ3v) is 6.49. The minimum Gasteiger partial charge on any atom is -0.508 e. The molecule has 0 unspecified atom stereocenters. The Hall–Kier alpha value is -1.31. The molecule has 20 heavy (non-hydrogen) atoms. The number of hydrogen-bond acceptors (Lipinski definition) is 2. The van der Waals surface area contributed by atoms with Gasteiger partial charge in [0.25, 0.3) is 0 Å². The standard InChI is InChI=1S/C18H23NO/c1-18-9-8-14-13-5-3-12(20)10-11(13)2-4-15(14)16(18)6-7-17(18)19/h3,5,10,14-16,19-20H,2,4,6-9H2,1H3/t14-,15-,16+,18+/m1/s1. The van der Waals surface area contributed by atoms with Crippen molar-refractivity contribution in [2.45, 2.75) is 51.4 Å². The Bertz CT molecular complexity index is 579. The fourth-order valence-electron chi connectivity index (χ4n) is 5.38. The largest absolute Gasteiger partial charge is 0.508 e. The van der Waals surface area contributed by atoms with E-state index in [0.29, 0.717) is 11.7 Å². The van der Waals surface area contributed by atoms with Crippen LogP contribution in [0.15, 0.2) is 18.2 Å². The number of nitrogens with one attached hydrogen (secondary N) is 1. The third kappa shape index (κ3) is 1.54. The third-order valence-electron chi connectivity index (χ3n) is 6.49. The molecule has 0 aromatic heterocycles. The first kappa shape index (κ1) is 12.4. The Morgan fingerprint density at radius 3 is 2.90 bits per heavy atom. The summed E-state index contributed by atoms with van der Waals surface area (Å²) in [6.07, 6.45) is 6.99. The molecule has 2 saturated carbocycles. The maximum Gasteiger partial charge on any atom is 0.115 e. The van der Waals surface area contributed by atoms with Gasteiger partial charge >= 0.3 is 0 Å². The van der Waals surface area contributed by atoms with E-state index in [1.807, 2.05) is 12.1 Å². The van der Waals surface area contributed by atoms with E-state index in [4.69, 9.17) is 5.41 Å². The Balaban J connectivity index is 1.73. The van der Waals surface area contributed by atoms with Crippen LogP contribution in [0, 0.1) is 22.7 Å². The van der Waals surface area contributed by atoms with Gasteiger partial charge in [-0.2, -0.15) is 0 Å². The molecule has 2 heteroatoms. The van der Waals surface area contributed by atoms with Crippen LogP contribution in [0.25, 0.3) is 0 Å². The van der Waals surface area contributed by atoms with Crippen molar-refractivity contribution in [1.82, 2.24) is 0 Å². The molecular weight excluding hydrogens is 246 g/mol. The monoisotopic (exact) mass is 269 g/mol. The van der Waals surface area contributed by atoms with Crippen molar-refractivity contribution in [1.29, 1.82) is 5.41 Å². The predicted octanol–water partition coefficient (Wildman–Crippen LogP) is 4.27. The van der Waals surface area contributed by atoms with Crippen LogP contribution in [-0.4, -0.2) is 10.8 Å². The van der Waals surface area contributed by atoms with Gasteiger partial charge in [-0.3, -0.25) is 0 Å². The van der Waals surface area contributed by atoms with E-state index in [-0.39, 0.29) is 5.41 Å². The SMILES string of the molecule is C[C@]12CC[C@@H]3c4ccc(O)cc4CC[C@H]3[C@@H]1CCC2=N. The van der Waals surface area contributed by atoms with Gasteiger partial charge < -0.3 is 10.5 Å². The van der Waals surface area contributed by atoms with E-state index in [9.17, 15) is 5.11 Å². The molecule has 2 N–H and O–H groups in total. The minimum atomic E-state index is 0.190. The van der Waals surface area contributed by atoms with Crippen LogP contribution in [0.1, 0.15) is 56.1 Å². The van der Waals surface area contributed by atoms with E-state index >= 15 is 0 Å². The van der Waals surface area contributed by atoms with Gasteiger partial charge in [0.2, 0.25) is 0 Å². The number of fused-ring (bicyclic) bond motifs is 5. The molecule has 0 radical (unpaired) electrons. The quantitative estimate of drug-likeness (QED) is 0.726. The Labute approximate surface area is 120 Å². The molecule has 0 saturated heterocycles. The number of benzene rings is 1. The second-order valence-corrected chi connectivity index (χ2v) is 7.27. The molecule has 3 aliphatic rings. The van der Waals surface area contributed by atoms with Gasteiger partial charge in [0, 0.05) is 11.1 Å². The van der Waals surface area contributed by atoms with Crippen LogP contribution < -0.4 is 0 Å². The molecule has 0 amide bonds. The summed E-state index contributed by atoms with van der Waals surface area (Å²) in [5.74, 6) is 2.55. The topological polar surface area (TPSA) is 44.1 Å². The van der Waals surface area contributed by atoms with Crippen LogP contribution in [0.5, 0.6) is 5.75 Å². The second-order valence-electron chi connectivity index (χ2n) is 7.27. The maximum absolute atomic E-state index is 9.68. The average Bonchev–Trinajstić information content (AvgIpc) is 2.74. The van der Waals surface area contributed by atoms with E-state index in [1.165, 1.54) is 36.8 Å². The van der Waals surface area contributed by atoms with Crippen molar-refractivity contribution in [2.75, 3.05) is 0 Å². The summed E-state index contributed by atoms with van der Waals surface area (Å²) in [5.41, 5.74) is 4.05. The van der Waals surface area contributed by atoms with Crippen LogP contribution in [0.4, 0.5) is 0 Å². The normalized spacial score (nSPS) is 39.0. The second kappa shape index (κ2) is 4.09. The van der Waals surface area contributed by atoms with Crippen LogP contribution in [-0.2, 0) is 6.42 Å². The number of aromatic hydroxyl groups is 1. The van der Waals surface area contributed by atoms with Crippen LogP contribution in [0.3, 0.4) is 0 Å². The zero-order chi connectivity index (χ0) is 13.9. The predicted molar refractivity (Wildman–Crippen MR) is 80.5 cm³/mol. The lowest BCUT2D eigenvalue weighted by atomic mass is 9.55. The van der Waals surface area contributed by atoms with Gasteiger partial charge in [-0.25, -0.2) is 0 Å². The van der Waals surface area contributed by atoms with Crippen molar-refractivity contribution in [3.8, 4) is 5.75 Å². The molecule has 1 aromatic carbocycles. The first-order chi connectivity index (χ1) is 9.59. The molecule has 1 aromatic rings. The van der Waals surface area contributed by atoms with Crippen LogP contribution >= 0.6 is 0 Å². The summed E-state index contributed by atoms with van der Waals surface area (Å²) in [7, 11) is 0. The van der Waals surface area contributed by atoms with E-state index in [0.717, 1.165) is 30.4 Å². The number of rotatable bonds is 0. The van der Waals surface area contributed by atoms with E-state index in [1.54, 1.807) is 0 Å². The molecule has 3 aliphatic carbocycles. The molecule has 0 spiro atoms. The molecule has 2 fully saturated rings. The number of hydrogen-bond donors (Lipinski definition) is 2. The smallest absolute Gasteiger partial charge is 0.115 e. The molecule has 0 aliphatic heterocycles. The summed E-state index contributed by atoms with van der Waals surface area (Å²) in [6, 6.07) is 5.98. The zero-order valence-electron chi connectivity index (χ0n) is 12.2. The molecule has 0 bridgehead atoms. The van der Waals surface area contributed by atoms with Gasteiger partial charge in [-0.05, 0) is 79.5 Å². The van der Waals surface area contributed by atoms with Crippen molar-refractivity contribution in [3.63, 3.8) is 0 Å². The Morgan fingerprint density at radius 1 is 1.20 bits per heavy atom. The zero-order valence-corrected chi connectivity index (χ0v) is 12.2. The van der Waals surface area contributed by atoms with Crippen molar-refractivity contribution >= 4 is 5.71 Å². The van der Waals surface area contributed by atoms with Crippen LogP contribution in [0.2, 0.25) is 0 Å².